The highest BCUT2D eigenvalue weighted by Crippen LogP contribution is 2.26. The molecule has 0 aliphatic carbocycles. The van der Waals surface area contributed by atoms with Crippen LogP contribution in [0.3, 0.4) is 0 Å². The Balaban J connectivity index is 2.01. The predicted molar refractivity (Wildman–Crippen MR) is 79.5 cm³/mol. The fraction of sp³-hybridized carbons (Fsp3) is 0.867. The van der Waals surface area contributed by atoms with Crippen LogP contribution in [0.15, 0.2) is 0 Å². The topological polar surface area (TPSA) is 84.7 Å². The van der Waals surface area contributed by atoms with Crippen LogP contribution >= 0.6 is 0 Å². The first-order valence-corrected chi connectivity index (χ1v) is 7.95. The van der Waals surface area contributed by atoms with Crippen molar-refractivity contribution in [3.8, 4) is 0 Å². The molecule has 0 bridgehead atoms. The fourth-order valence-corrected chi connectivity index (χ4v) is 3.19. The molecule has 0 aromatic rings. The molecule has 2 heterocycles. The molecular weight excluding hydrogens is 270 g/mol. The van der Waals surface area contributed by atoms with Crippen LogP contribution in [0.2, 0.25) is 0 Å². The molecule has 2 rings (SSSR count). The summed E-state index contributed by atoms with van der Waals surface area (Å²) in [5.41, 5.74) is 5.41. The van der Waals surface area contributed by atoms with Crippen molar-refractivity contribution in [2.24, 2.45) is 17.6 Å². The first kappa shape index (κ1) is 16.2. The van der Waals surface area contributed by atoms with Crippen LogP contribution < -0.4 is 11.1 Å². The molecule has 3 N–H and O–H groups in total. The number of ether oxygens (including phenoxy) is 1. The number of carbonyl (C=O) groups is 2. The van der Waals surface area contributed by atoms with Crippen LogP contribution in [0.25, 0.3) is 0 Å². The van der Waals surface area contributed by atoms with Crippen LogP contribution in [0.1, 0.15) is 33.1 Å². The molecule has 6 heteroatoms. The standard InChI is InChI=1S/C15H27N3O3/c1-3-6-17-13-9-21-8-12(13)15(20)18-7-11(14(16)19)5-4-10(18)2/h10-13,17H,3-9H2,1-2H3,(H2,16,19). The van der Waals surface area contributed by atoms with Gasteiger partial charge in [-0.05, 0) is 32.7 Å². The Kier molecular flexibility index (Phi) is 5.58. The second-order valence-electron chi connectivity index (χ2n) is 6.22. The minimum Gasteiger partial charge on any atom is -0.379 e. The number of nitrogens with one attached hydrogen (secondary N) is 1. The molecule has 6 nitrogen and oxygen atoms in total. The Morgan fingerprint density at radius 1 is 1.33 bits per heavy atom. The summed E-state index contributed by atoms with van der Waals surface area (Å²) in [5.74, 6) is -0.567. The van der Waals surface area contributed by atoms with E-state index < -0.39 is 0 Å². The van der Waals surface area contributed by atoms with E-state index in [9.17, 15) is 9.59 Å². The number of primary amides is 1. The van der Waals surface area contributed by atoms with Crippen molar-refractivity contribution in [2.45, 2.75) is 45.2 Å². The molecule has 0 aromatic carbocycles. The maximum Gasteiger partial charge on any atom is 0.229 e. The predicted octanol–water partition coefficient (Wildman–Crippen LogP) is 0.113. The summed E-state index contributed by atoms with van der Waals surface area (Å²) in [7, 11) is 0. The van der Waals surface area contributed by atoms with Crippen molar-refractivity contribution in [3.05, 3.63) is 0 Å². The fourth-order valence-electron chi connectivity index (χ4n) is 3.19. The molecule has 21 heavy (non-hydrogen) atoms. The van der Waals surface area contributed by atoms with Gasteiger partial charge in [0.05, 0.1) is 25.0 Å². The van der Waals surface area contributed by atoms with Gasteiger partial charge < -0.3 is 20.7 Å². The molecule has 0 aromatic heterocycles. The Labute approximate surface area is 126 Å². The number of hydrogen-bond acceptors (Lipinski definition) is 4. The van der Waals surface area contributed by atoms with Crippen LogP contribution in [0.4, 0.5) is 0 Å². The molecule has 2 fully saturated rings. The first-order chi connectivity index (χ1) is 10.0. The number of carbonyl (C=O) groups excluding carboxylic acids is 2. The van der Waals surface area contributed by atoms with Crippen molar-refractivity contribution in [2.75, 3.05) is 26.3 Å². The number of rotatable bonds is 5. The summed E-state index contributed by atoms with van der Waals surface area (Å²) in [6, 6.07) is 0.249. The minimum atomic E-state index is -0.303. The molecule has 2 aliphatic rings. The molecule has 4 atom stereocenters. The van der Waals surface area contributed by atoms with E-state index in [0.717, 1.165) is 25.8 Å². The van der Waals surface area contributed by atoms with Crippen molar-refractivity contribution in [3.63, 3.8) is 0 Å². The summed E-state index contributed by atoms with van der Waals surface area (Å²) in [6.45, 7) is 6.52. The lowest BCUT2D eigenvalue weighted by Gasteiger charge is -2.39. The van der Waals surface area contributed by atoms with E-state index in [2.05, 4.69) is 12.2 Å². The Morgan fingerprint density at radius 3 is 2.76 bits per heavy atom. The Hall–Kier alpha value is -1.14. The SMILES string of the molecule is CCCNC1COCC1C(=O)N1CC(C(N)=O)CCC1C. The van der Waals surface area contributed by atoms with Gasteiger partial charge in [0.15, 0.2) is 0 Å². The highest BCUT2D eigenvalue weighted by atomic mass is 16.5. The van der Waals surface area contributed by atoms with Gasteiger partial charge in [0.2, 0.25) is 11.8 Å². The lowest BCUT2D eigenvalue weighted by molar-refractivity contribution is -0.142. The molecule has 2 aliphatic heterocycles. The number of amides is 2. The molecule has 0 saturated carbocycles. The molecule has 120 valence electrons. The average Bonchev–Trinajstić information content (AvgIpc) is 2.93. The average molecular weight is 297 g/mol. The summed E-state index contributed by atoms with van der Waals surface area (Å²) < 4.78 is 5.49. The second-order valence-corrected chi connectivity index (χ2v) is 6.22. The second kappa shape index (κ2) is 7.22. The van der Waals surface area contributed by atoms with E-state index in [1.807, 2.05) is 11.8 Å². The van der Waals surface area contributed by atoms with Crippen molar-refractivity contribution < 1.29 is 14.3 Å². The van der Waals surface area contributed by atoms with E-state index >= 15 is 0 Å². The molecule has 0 radical (unpaired) electrons. The van der Waals surface area contributed by atoms with Gasteiger partial charge in [-0.15, -0.1) is 0 Å². The van der Waals surface area contributed by atoms with Crippen LogP contribution in [-0.2, 0) is 14.3 Å². The maximum atomic E-state index is 12.8. The summed E-state index contributed by atoms with van der Waals surface area (Å²) in [6.07, 6.45) is 2.64. The van der Waals surface area contributed by atoms with Crippen LogP contribution in [-0.4, -0.2) is 55.1 Å². The van der Waals surface area contributed by atoms with Crippen molar-refractivity contribution >= 4 is 11.8 Å². The third kappa shape index (κ3) is 3.74. The first-order valence-electron chi connectivity index (χ1n) is 7.95. The zero-order chi connectivity index (χ0) is 15.4. The third-order valence-electron chi connectivity index (χ3n) is 4.62. The number of nitrogens with zero attached hydrogens (tertiary/aromatic N) is 1. The van der Waals surface area contributed by atoms with E-state index in [4.69, 9.17) is 10.5 Å². The van der Waals surface area contributed by atoms with Gasteiger partial charge in [0.1, 0.15) is 0 Å². The zero-order valence-corrected chi connectivity index (χ0v) is 13.0. The smallest absolute Gasteiger partial charge is 0.229 e. The Bertz CT molecular complexity index is 388. The van der Waals surface area contributed by atoms with Gasteiger partial charge in [0, 0.05) is 18.6 Å². The molecular formula is C15H27N3O3. The summed E-state index contributed by atoms with van der Waals surface area (Å²) >= 11 is 0. The Morgan fingerprint density at radius 2 is 2.10 bits per heavy atom. The van der Waals surface area contributed by atoms with Crippen LogP contribution in [0.5, 0.6) is 0 Å². The lowest BCUT2D eigenvalue weighted by Crippen LogP contribution is -2.53. The number of likely N-dealkylation sites (tertiary alicyclic amines) is 1. The highest BCUT2D eigenvalue weighted by molar-refractivity contribution is 5.82. The quantitative estimate of drug-likeness (QED) is 0.754. The summed E-state index contributed by atoms with van der Waals surface area (Å²) in [5, 5.41) is 3.39. The van der Waals surface area contributed by atoms with E-state index in [0.29, 0.717) is 19.8 Å². The molecule has 2 amide bonds. The zero-order valence-electron chi connectivity index (χ0n) is 13.0. The normalized spacial score (nSPS) is 33.1. The lowest BCUT2D eigenvalue weighted by atomic mass is 9.90. The van der Waals surface area contributed by atoms with Crippen molar-refractivity contribution in [1.82, 2.24) is 10.2 Å². The van der Waals surface area contributed by atoms with Crippen LogP contribution in [0, 0.1) is 11.8 Å². The summed E-state index contributed by atoms with van der Waals surface area (Å²) in [4.78, 5) is 26.0. The van der Waals surface area contributed by atoms with E-state index in [-0.39, 0.29) is 35.7 Å². The van der Waals surface area contributed by atoms with Gasteiger partial charge in [-0.1, -0.05) is 6.92 Å². The molecule has 0 spiro atoms. The molecule has 2 saturated heterocycles. The number of piperidine rings is 1. The monoisotopic (exact) mass is 297 g/mol. The highest BCUT2D eigenvalue weighted by Gasteiger charge is 2.40. The molecule has 4 unspecified atom stereocenters. The third-order valence-corrected chi connectivity index (χ3v) is 4.62. The van der Waals surface area contributed by atoms with Gasteiger partial charge in [-0.3, -0.25) is 9.59 Å². The largest absolute Gasteiger partial charge is 0.379 e. The van der Waals surface area contributed by atoms with Gasteiger partial charge in [-0.2, -0.15) is 0 Å². The van der Waals surface area contributed by atoms with Gasteiger partial charge in [-0.25, -0.2) is 0 Å². The minimum absolute atomic E-state index is 0.0820. The number of nitrogens with two attached hydrogens (primary N) is 1. The van der Waals surface area contributed by atoms with E-state index in [1.54, 1.807) is 0 Å². The van der Waals surface area contributed by atoms with Crippen molar-refractivity contribution in [1.29, 1.82) is 0 Å². The van der Waals surface area contributed by atoms with E-state index in [1.165, 1.54) is 0 Å². The number of hydrogen-bond donors (Lipinski definition) is 2. The van der Waals surface area contributed by atoms with Gasteiger partial charge >= 0.3 is 0 Å². The maximum absolute atomic E-state index is 12.8. The van der Waals surface area contributed by atoms with Gasteiger partial charge in [0.25, 0.3) is 0 Å².